The van der Waals surface area contributed by atoms with E-state index in [1.165, 1.54) is 6.07 Å². The molecule has 7 heteroatoms. The van der Waals surface area contributed by atoms with Crippen molar-refractivity contribution in [2.45, 2.75) is 26.7 Å². The van der Waals surface area contributed by atoms with Crippen molar-refractivity contribution in [3.8, 4) is 0 Å². The van der Waals surface area contributed by atoms with Crippen LogP contribution in [0, 0.1) is 10.1 Å². The summed E-state index contributed by atoms with van der Waals surface area (Å²) in [6.07, 6.45) is 1.60. The molecule has 110 valence electrons. The van der Waals surface area contributed by atoms with E-state index in [0.29, 0.717) is 13.1 Å². The Kier molecular flexibility index (Phi) is 5.76. The molecule has 0 saturated carbocycles. The van der Waals surface area contributed by atoms with Crippen LogP contribution in [0.25, 0.3) is 0 Å². The summed E-state index contributed by atoms with van der Waals surface area (Å²) in [5, 5.41) is 10.9. The molecule has 0 fully saturated rings. The molecule has 20 heavy (non-hydrogen) atoms. The van der Waals surface area contributed by atoms with Crippen molar-refractivity contribution in [2.24, 2.45) is 0 Å². The van der Waals surface area contributed by atoms with Crippen LogP contribution in [0.4, 0.5) is 11.4 Å². The molecule has 0 radical (unpaired) electrons. The van der Waals surface area contributed by atoms with Gasteiger partial charge in [-0.15, -0.1) is 0 Å². The van der Waals surface area contributed by atoms with Crippen LogP contribution in [0.1, 0.15) is 37.0 Å². The molecule has 0 saturated heterocycles. The lowest BCUT2D eigenvalue weighted by molar-refractivity contribution is -0.384. The Bertz CT molecular complexity index is 514. The van der Waals surface area contributed by atoms with E-state index in [0.717, 1.165) is 18.9 Å². The minimum atomic E-state index is -0.591. The molecule has 0 heterocycles. The number of anilines is 1. The third-order valence-corrected chi connectivity index (χ3v) is 3.14. The highest BCUT2D eigenvalue weighted by Crippen LogP contribution is 2.29. The zero-order valence-corrected chi connectivity index (χ0v) is 12.3. The predicted molar refractivity (Wildman–Crippen MR) is 79.0 cm³/mol. The summed E-state index contributed by atoms with van der Waals surface area (Å²) >= 11 is 5.87. The Labute approximate surface area is 122 Å². The number of hydrogen-bond acceptors (Lipinski definition) is 4. The molecule has 1 rings (SSSR count). The van der Waals surface area contributed by atoms with Crippen LogP contribution in [-0.2, 0) is 0 Å². The summed E-state index contributed by atoms with van der Waals surface area (Å²) in [7, 11) is 0. The number of nitrogen functional groups attached to an aromatic ring is 1. The largest absolute Gasteiger partial charge is 0.397 e. The molecule has 0 bridgehead atoms. The summed E-state index contributed by atoms with van der Waals surface area (Å²) < 4.78 is 0. The van der Waals surface area contributed by atoms with Gasteiger partial charge in [-0.1, -0.05) is 25.4 Å². The van der Waals surface area contributed by atoms with Gasteiger partial charge >= 0.3 is 0 Å². The van der Waals surface area contributed by atoms with Crippen molar-refractivity contribution >= 4 is 28.9 Å². The molecule has 0 aromatic heterocycles. The molecular weight excluding hydrogens is 282 g/mol. The number of rotatable bonds is 6. The molecule has 1 aromatic rings. The number of hydrogen-bond donors (Lipinski definition) is 1. The van der Waals surface area contributed by atoms with Crippen molar-refractivity contribution in [2.75, 3.05) is 18.8 Å². The standard InChI is InChI=1S/C13H18ClN3O3/c1-3-5-16(6-4-2)13(18)10-7-9(17(19)20)8-11(14)12(10)15/h7-8H,3-6,15H2,1-2H3. The molecular formula is C13H18ClN3O3. The van der Waals surface area contributed by atoms with E-state index in [4.69, 9.17) is 17.3 Å². The quantitative estimate of drug-likeness (QED) is 0.496. The number of carbonyl (C=O) groups excluding carboxylic acids is 1. The molecule has 0 aliphatic heterocycles. The lowest BCUT2D eigenvalue weighted by atomic mass is 10.1. The summed E-state index contributed by atoms with van der Waals surface area (Å²) in [6.45, 7) is 5.07. The van der Waals surface area contributed by atoms with Gasteiger partial charge in [0.15, 0.2) is 0 Å². The second-order valence-corrected chi connectivity index (χ2v) is 4.85. The molecule has 0 aliphatic rings. The smallest absolute Gasteiger partial charge is 0.271 e. The van der Waals surface area contributed by atoms with E-state index in [1.807, 2.05) is 13.8 Å². The molecule has 2 N–H and O–H groups in total. The summed E-state index contributed by atoms with van der Waals surface area (Å²) in [5.74, 6) is -0.322. The Morgan fingerprint density at radius 3 is 2.35 bits per heavy atom. The zero-order chi connectivity index (χ0) is 15.3. The van der Waals surface area contributed by atoms with Gasteiger partial charge < -0.3 is 10.6 Å². The highest BCUT2D eigenvalue weighted by Gasteiger charge is 2.22. The fraction of sp³-hybridized carbons (Fsp3) is 0.462. The normalized spacial score (nSPS) is 10.3. The summed E-state index contributed by atoms with van der Waals surface area (Å²) in [5.41, 5.74) is 5.72. The monoisotopic (exact) mass is 299 g/mol. The van der Waals surface area contributed by atoms with Gasteiger partial charge in [0.2, 0.25) is 0 Å². The maximum absolute atomic E-state index is 12.4. The van der Waals surface area contributed by atoms with E-state index in [9.17, 15) is 14.9 Å². The SMILES string of the molecule is CCCN(CCC)C(=O)c1cc([N+](=O)[O-])cc(Cl)c1N. The fourth-order valence-electron chi connectivity index (χ4n) is 1.91. The van der Waals surface area contributed by atoms with Crippen LogP contribution < -0.4 is 5.73 Å². The van der Waals surface area contributed by atoms with E-state index < -0.39 is 4.92 Å². The number of amides is 1. The van der Waals surface area contributed by atoms with Crippen molar-refractivity contribution < 1.29 is 9.72 Å². The number of nitrogens with zero attached hydrogens (tertiary/aromatic N) is 2. The van der Waals surface area contributed by atoms with E-state index in [-0.39, 0.29) is 27.9 Å². The molecule has 0 atom stereocenters. The van der Waals surface area contributed by atoms with Crippen LogP contribution in [0.2, 0.25) is 5.02 Å². The Hall–Kier alpha value is -1.82. The maximum Gasteiger partial charge on any atom is 0.271 e. The lowest BCUT2D eigenvalue weighted by Gasteiger charge is -2.22. The second kappa shape index (κ2) is 7.09. The number of benzene rings is 1. The minimum Gasteiger partial charge on any atom is -0.397 e. The van der Waals surface area contributed by atoms with Gasteiger partial charge in [-0.2, -0.15) is 0 Å². The number of carbonyl (C=O) groups is 1. The third-order valence-electron chi connectivity index (χ3n) is 2.83. The molecule has 1 amide bonds. The van der Waals surface area contributed by atoms with E-state index in [1.54, 1.807) is 4.90 Å². The van der Waals surface area contributed by atoms with Gasteiger partial charge in [0.25, 0.3) is 11.6 Å². The van der Waals surface area contributed by atoms with Gasteiger partial charge in [0.05, 0.1) is 21.2 Å². The number of nitrogens with two attached hydrogens (primary N) is 1. The highest BCUT2D eigenvalue weighted by atomic mass is 35.5. The lowest BCUT2D eigenvalue weighted by Crippen LogP contribution is -2.33. The van der Waals surface area contributed by atoms with Crippen LogP contribution in [0.5, 0.6) is 0 Å². The van der Waals surface area contributed by atoms with E-state index >= 15 is 0 Å². The Morgan fingerprint density at radius 2 is 1.90 bits per heavy atom. The van der Waals surface area contributed by atoms with Crippen LogP contribution >= 0.6 is 11.6 Å². The Balaban J connectivity index is 3.22. The molecule has 0 aliphatic carbocycles. The molecule has 0 unspecified atom stereocenters. The van der Waals surface area contributed by atoms with Gasteiger partial charge in [-0.05, 0) is 12.8 Å². The fourth-order valence-corrected chi connectivity index (χ4v) is 2.12. The number of non-ortho nitro benzene ring substituents is 1. The average Bonchev–Trinajstić information content (AvgIpc) is 2.40. The zero-order valence-electron chi connectivity index (χ0n) is 11.6. The van der Waals surface area contributed by atoms with Gasteiger partial charge in [0, 0.05) is 25.2 Å². The summed E-state index contributed by atoms with van der Waals surface area (Å²) in [6, 6.07) is 2.33. The van der Waals surface area contributed by atoms with Gasteiger partial charge in [0.1, 0.15) is 0 Å². The predicted octanol–water partition coefficient (Wildman–Crippen LogP) is 3.09. The first-order chi connectivity index (χ1) is 9.42. The number of nitro groups is 1. The highest BCUT2D eigenvalue weighted by molar-refractivity contribution is 6.34. The Morgan fingerprint density at radius 1 is 1.35 bits per heavy atom. The molecule has 0 spiro atoms. The molecule has 1 aromatic carbocycles. The van der Waals surface area contributed by atoms with Crippen molar-refractivity contribution in [1.29, 1.82) is 0 Å². The topological polar surface area (TPSA) is 89.5 Å². The number of nitro benzene ring substituents is 1. The van der Waals surface area contributed by atoms with Crippen LogP contribution in [-0.4, -0.2) is 28.8 Å². The van der Waals surface area contributed by atoms with Crippen LogP contribution in [0.15, 0.2) is 12.1 Å². The summed E-state index contributed by atoms with van der Waals surface area (Å²) in [4.78, 5) is 24.3. The average molecular weight is 300 g/mol. The van der Waals surface area contributed by atoms with Crippen molar-refractivity contribution in [3.63, 3.8) is 0 Å². The molecule has 6 nitrogen and oxygen atoms in total. The van der Waals surface area contributed by atoms with Gasteiger partial charge in [-0.3, -0.25) is 14.9 Å². The minimum absolute atomic E-state index is 0.0236. The third kappa shape index (κ3) is 3.60. The maximum atomic E-state index is 12.4. The number of halogens is 1. The van der Waals surface area contributed by atoms with Crippen molar-refractivity contribution in [3.05, 3.63) is 32.8 Å². The second-order valence-electron chi connectivity index (χ2n) is 4.44. The van der Waals surface area contributed by atoms with Gasteiger partial charge in [-0.25, -0.2) is 0 Å². The van der Waals surface area contributed by atoms with E-state index in [2.05, 4.69) is 0 Å². The van der Waals surface area contributed by atoms with Crippen molar-refractivity contribution in [1.82, 2.24) is 4.90 Å². The first-order valence-corrected chi connectivity index (χ1v) is 6.82. The first kappa shape index (κ1) is 16.2. The van der Waals surface area contributed by atoms with Crippen LogP contribution in [0.3, 0.4) is 0 Å². The first-order valence-electron chi connectivity index (χ1n) is 6.45.